The molecule has 2 aromatic carbocycles. The van der Waals surface area contributed by atoms with E-state index in [-0.39, 0.29) is 17.2 Å². The van der Waals surface area contributed by atoms with Crippen molar-refractivity contribution in [2.24, 2.45) is 0 Å². The lowest BCUT2D eigenvalue weighted by Gasteiger charge is -2.36. The summed E-state index contributed by atoms with van der Waals surface area (Å²) in [6.45, 7) is 9.28. The van der Waals surface area contributed by atoms with Crippen LogP contribution < -0.4 is 10.2 Å². The summed E-state index contributed by atoms with van der Waals surface area (Å²) >= 11 is 6.52. The summed E-state index contributed by atoms with van der Waals surface area (Å²) in [5.41, 5.74) is 3.63. The molecule has 9 heteroatoms. The zero-order valence-electron chi connectivity index (χ0n) is 20.1. The number of hydrogen-bond acceptors (Lipinski definition) is 6. The second-order valence-corrected chi connectivity index (χ2v) is 12.3. The van der Waals surface area contributed by atoms with E-state index in [0.29, 0.717) is 24.4 Å². The number of benzene rings is 2. The molecule has 0 radical (unpaired) electrons. The van der Waals surface area contributed by atoms with E-state index in [2.05, 4.69) is 57.3 Å². The van der Waals surface area contributed by atoms with Crippen molar-refractivity contribution in [1.82, 2.24) is 9.88 Å². The fourth-order valence-electron chi connectivity index (χ4n) is 3.72. The minimum Gasteiger partial charge on any atom is -0.368 e. The molecule has 1 saturated heterocycles. The number of aromatic nitrogens is 1. The van der Waals surface area contributed by atoms with E-state index >= 15 is 0 Å². The van der Waals surface area contributed by atoms with Crippen LogP contribution in [0.1, 0.15) is 36.8 Å². The molecule has 0 saturated carbocycles. The van der Waals surface area contributed by atoms with Crippen LogP contribution in [0.15, 0.2) is 62.7 Å². The fraction of sp³-hybridized carbons (Fsp3) is 0.346. The summed E-state index contributed by atoms with van der Waals surface area (Å²) in [5.74, 6) is 0.335. The molecule has 1 aliphatic heterocycles. The highest BCUT2D eigenvalue weighted by molar-refractivity contribution is 9.10. The van der Waals surface area contributed by atoms with Crippen molar-refractivity contribution in [1.29, 1.82) is 0 Å². The average Bonchev–Trinajstić information content (AvgIpc) is 3.33. The van der Waals surface area contributed by atoms with Gasteiger partial charge in [0.2, 0.25) is 5.91 Å². The van der Waals surface area contributed by atoms with Crippen molar-refractivity contribution in [3.05, 3.63) is 69.6 Å². The third-order valence-corrected chi connectivity index (χ3v) is 8.48. The minimum absolute atomic E-state index is 0.0144. The largest absolute Gasteiger partial charge is 0.368 e. The third-order valence-electron chi connectivity index (χ3n) is 5.77. The number of piperazine rings is 1. The van der Waals surface area contributed by atoms with Gasteiger partial charge in [-0.3, -0.25) is 9.59 Å². The van der Waals surface area contributed by atoms with Crippen molar-refractivity contribution in [2.75, 3.05) is 42.1 Å². The number of amides is 2. The van der Waals surface area contributed by atoms with Crippen LogP contribution in [0.3, 0.4) is 0 Å². The molecule has 2 amide bonds. The molecule has 0 spiro atoms. The van der Waals surface area contributed by atoms with E-state index in [0.717, 1.165) is 39.0 Å². The molecule has 2 heterocycles. The number of nitrogens with zero attached hydrogens (tertiary/aromatic N) is 3. The van der Waals surface area contributed by atoms with Crippen molar-refractivity contribution in [3.8, 4) is 0 Å². The van der Waals surface area contributed by atoms with Crippen LogP contribution in [0.2, 0.25) is 0 Å². The lowest BCUT2D eigenvalue weighted by Crippen LogP contribution is -2.48. The molecule has 1 N–H and O–H groups in total. The zero-order valence-corrected chi connectivity index (χ0v) is 23.3. The van der Waals surface area contributed by atoms with Crippen LogP contribution >= 0.6 is 39.0 Å². The van der Waals surface area contributed by atoms with Gasteiger partial charge >= 0.3 is 0 Å². The minimum atomic E-state index is -0.0468. The Kier molecular flexibility index (Phi) is 8.19. The van der Waals surface area contributed by atoms with E-state index in [1.54, 1.807) is 11.3 Å². The molecule has 0 bridgehead atoms. The number of anilines is 2. The molecule has 1 aliphatic rings. The highest BCUT2D eigenvalue weighted by Gasteiger charge is 2.23. The summed E-state index contributed by atoms with van der Waals surface area (Å²) in [5, 5.41) is 5.03. The predicted octanol–water partition coefficient (Wildman–Crippen LogP) is 5.90. The molecule has 35 heavy (non-hydrogen) atoms. The molecule has 4 rings (SSSR count). The maximum absolute atomic E-state index is 12.8. The number of carbonyl (C=O) groups is 2. The molecule has 0 aliphatic carbocycles. The Bertz CT molecular complexity index is 1180. The molecule has 184 valence electrons. The Hall–Kier alpha value is -2.36. The molecular weight excluding hydrogens is 544 g/mol. The average molecular weight is 574 g/mol. The van der Waals surface area contributed by atoms with Gasteiger partial charge in [-0.1, -0.05) is 44.7 Å². The molecule has 3 aromatic rings. The first kappa shape index (κ1) is 25.7. The van der Waals surface area contributed by atoms with E-state index < -0.39 is 0 Å². The van der Waals surface area contributed by atoms with Gasteiger partial charge in [-0.2, -0.15) is 0 Å². The lowest BCUT2D eigenvalue weighted by atomic mass is 9.93. The van der Waals surface area contributed by atoms with Crippen LogP contribution in [0.5, 0.6) is 0 Å². The number of thiazole rings is 1. The van der Waals surface area contributed by atoms with E-state index in [1.807, 2.05) is 53.4 Å². The standard InChI is InChI=1S/C26H29BrN4O2S2/c1-26(2,3)22-16-34-25(29-22)35-17-23(32)28-18-8-10-19(11-9-18)30-12-14-31(15-13-30)24(33)20-6-4-5-7-21(20)27/h4-11,16H,12-15,17H2,1-3H3,(H,28,32). The van der Waals surface area contributed by atoms with Crippen molar-refractivity contribution in [2.45, 2.75) is 30.5 Å². The van der Waals surface area contributed by atoms with E-state index in [9.17, 15) is 9.59 Å². The Labute approximate surface area is 223 Å². The highest BCUT2D eigenvalue weighted by atomic mass is 79.9. The number of rotatable bonds is 6. The quantitative estimate of drug-likeness (QED) is 0.373. The number of halogens is 1. The predicted molar refractivity (Wildman–Crippen MR) is 149 cm³/mol. The Morgan fingerprint density at radius 2 is 1.74 bits per heavy atom. The smallest absolute Gasteiger partial charge is 0.255 e. The van der Waals surface area contributed by atoms with Crippen LogP contribution in [0.25, 0.3) is 0 Å². The Morgan fingerprint density at radius 3 is 2.37 bits per heavy atom. The van der Waals surface area contributed by atoms with Gasteiger partial charge in [-0.25, -0.2) is 4.98 Å². The first-order valence-electron chi connectivity index (χ1n) is 11.5. The first-order chi connectivity index (χ1) is 16.7. The second kappa shape index (κ2) is 11.1. The van der Waals surface area contributed by atoms with Crippen molar-refractivity contribution >= 4 is 62.2 Å². The van der Waals surface area contributed by atoms with Gasteiger partial charge in [0.25, 0.3) is 5.91 Å². The van der Waals surface area contributed by atoms with Crippen LogP contribution in [0.4, 0.5) is 11.4 Å². The van der Waals surface area contributed by atoms with Crippen LogP contribution in [-0.4, -0.2) is 53.6 Å². The SMILES string of the molecule is CC(C)(C)c1csc(SCC(=O)Nc2ccc(N3CCN(C(=O)c4ccccc4Br)CC3)cc2)n1. The van der Waals surface area contributed by atoms with Crippen LogP contribution in [0, 0.1) is 0 Å². The maximum atomic E-state index is 12.8. The van der Waals surface area contributed by atoms with E-state index in [4.69, 9.17) is 0 Å². The summed E-state index contributed by atoms with van der Waals surface area (Å²) in [7, 11) is 0. The van der Waals surface area contributed by atoms with Crippen molar-refractivity contribution in [3.63, 3.8) is 0 Å². The molecule has 1 aromatic heterocycles. The monoisotopic (exact) mass is 572 g/mol. The number of carbonyl (C=O) groups excluding carboxylic acids is 2. The fourth-order valence-corrected chi connectivity index (χ4v) is 6.03. The van der Waals surface area contributed by atoms with Gasteiger partial charge in [0.05, 0.1) is 17.0 Å². The first-order valence-corrected chi connectivity index (χ1v) is 14.1. The number of nitrogens with one attached hydrogen (secondary N) is 1. The van der Waals surface area contributed by atoms with Gasteiger partial charge in [-0.15, -0.1) is 11.3 Å². The molecule has 0 atom stereocenters. The number of hydrogen-bond donors (Lipinski definition) is 1. The van der Waals surface area contributed by atoms with Gasteiger partial charge < -0.3 is 15.1 Å². The van der Waals surface area contributed by atoms with Crippen LogP contribution in [-0.2, 0) is 10.2 Å². The van der Waals surface area contributed by atoms with Crippen molar-refractivity contribution < 1.29 is 9.59 Å². The summed E-state index contributed by atoms with van der Waals surface area (Å²) < 4.78 is 1.74. The summed E-state index contributed by atoms with van der Waals surface area (Å²) in [6, 6.07) is 15.4. The molecule has 0 unspecified atom stereocenters. The third kappa shape index (κ3) is 6.65. The zero-order chi connectivity index (χ0) is 25.0. The Balaban J connectivity index is 1.25. The van der Waals surface area contributed by atoms with E-state index in [1.165, 1.54) is 11.8 Å². The summed E-state index contributed by atoms with van der Waals surface area (Å²) in [4.78, 5) is 34.0. The highest BCUT2D eigenvalue weighted by Crippen LogP contribution is 2.29. The van der Waals surface area contributed by atoms with Gasteiger partial charge in [0.15, 0.2) is 4.34 Å². The van der Waals surface area contributed by atoms with Gasteiger partial charge in [0, 0.05) is 52.8 Å². The summed E-state index contributed by atoms with van der Waals surface area (Å²) in [6.07, 6.45) is 0. The normalized spacial score (nSPS) is 14.2. The maximum Gasteiger partial charge on any atom is 0.255 e. The number of thioether (sulfide) groups is 1. The molecule has 6 nitrogen and oxygen atoms in total. The Morgan fingerprint density at radius 1 is 1.06 bits per heavy atom. The molecular formula is C26H29BrN4O2S2. The van der Waals surface area contributed by atoms with Gasteiger partial charge in [0.1, 0.15) is 0 Å². The van der Waals surface area contributed by atoms with Gasteiger partial charge in [-0.05, 0) is 52.3 Å². The topological polar surface area (TPSA) is 65.5 Å². The second-order valence-electron chi connectivity index (χ2n) is 9.39. The molecule has 1 fully saturated rings. The lowest BCUT2D eigenvalue weighted by molar-refractivity contribution is -0.113.